The van der Waals surface area contributed by atoms with E-state index in [1.165, 1.54) is 6.21 Å². The maximum Gasteiger partial charge on any atom is 0.343 e. The van der Waals surface area contributed by atoms with Gasteiger partial charge in [0.1, 0.15) is 5.75 Å². The Morgan fingerprint density at radius 1 is 1.18 bits per heavy atom. The summed E-state index contributed by atoms with van der Waals surface area (Å²) in [7, 11) is 0. The van der Waals surface area contributed by atoms with Crippen molar-refractivity contribution in [3.63, 3.8) is 0 Å². The quantitative estimate of drug-likeness (QED) is 0.393. The molecule has 0 aromatic heterocycles. The molecule has 0 unspecified atom stereocenters. The molecule has 0 aliphatic heterocycles. The van der Waals surface area contributed by atoms with E-state index < -0.39 is 12.0 Å². The highest BCUT2D eigenvalue weighted by Gasteiger charge is 2.08. The number of hydrazone groups is 1. The molecule has 0 radical (unpaired) electrons. The number of urea groups is 1. The first-order valence-electron chi connectivity index (χ1n) is 6.21. The van der Waals surface area contributed by atoms with Crippen molar-refractivity contribution >= 4 is 29.8 Å². The van der Waals surface area contributed by atoms with Gasteiger partial charge >= 0.3 is 12.0 Å². The lowest BCUT2D eigenvalue weighted by molar-refractivity contribution is 0.0735. The van der Waals surface area contributed by atoms with Gasteiger partial charge in [-0.05, 0) is 42.0 Å². The van der Waals surface area contributed by atoms with E-state index in [1.807, 2.05) is 0 Å². The zero-order chi connectivity index (χ0) is 15.9. The Hall–Kier alpha value is -2.86. The molecule has 2 amide bonds. The lowest BCUT2D eigenvalue weighted by Gasteiger charge is -2.05. The predicted octanol–water partition coefficient (Wildman–Crippen LogP) is 2.56. The van der Waals surface area contributed by atoms with Crippen LogP contribution in [0.4, 0.5) is 4.79 Å². The number of carbonyl (C=O) groups is 2. The first kappa shape index (κ1) is 15.5. The van der Waals surface area contributed by atoms with Crippen molar-refractivity contribution < 1.29 is 14.3 Å². The monoisotopic (exact) mass is 317 g/mol. The van der Waals surface area contributed by atoms with Crippen molar-refractivity contribution in [1.29, 1.82) is 0 Å². The second-order valence-corrected chi connectivity index (χ2v) is 4.64. The van der Waals surface area contributed by atoms with Gasteiger partial charge in [-0.3, -0.25) is 0 Å². The standard InChI is InChI=1S/C15H12ClN3O3/c16-12-6-4-11(5-7-12)14(20)22-13-3-1-2-10(8-13)9-18-19-15(17)21/h1-9H,(H3,17,19,21)/b18-9+. The van der Waals surface area contributed by atoms with Gasteiger partial charge in [-0.15, -0.1) is 0 Å². The molecule has 3 N–H and O–H groups in total. The number of amides is 2. The fourth-order valence-corrected chi connectivity index (χ4v) is 1.71. The third-order valence-corrected chi connectivity index (χ3v) is 2.79. The van der Waals surface area contributed by atoms with Gasteiger partial charge < -0.3 is 10.5 Å². The zero-order valence-electron chi connectivity index (χ0n) is 11.3. The van der Waals surface area contributed by atoms with Gasteiger partial charge in [0.15, 0.2) is 0 Å². The van der Waals surface area contributed by atoms with Crippen LogP contribution in [0.5, 0.6) is 5.75 Å². The topological polar surface area (TPSA) is 93.8 Å². The predicted molar refractivity (Wildman–Crippen MR) is 83.2 cm³/mol. The summed E-state index contributed by atoms with van der Waals surface area (Å²) in [5.41, 5.74) is 7.98. The van der Waals surface area contributed by atoms with E-state index in [0.29, 0.717) is 21.9 Å². The van der Waals surface area contributed by atoms with Crippen molar-refractivity contribution in [3.8, 4) is 5.75 Å². The van der Waals surface area contributed by atoms with Crippen LogP contribution in [0.1, 0.15) is 15.9 Å². The summed E-state index contributed by atoms with van der Waals surface area (Å²) in [4.78, 5) is 22.5. The molecular weight excluding hydrogens is 306 g/mol. The van der Waals surface area contributed by atoms with Gasteiger partial charge in [0.05, 0.1) is 11.8 Å². The number of nitrogens with zero attached hydrogens (tertiary/aromatic N) is 1. The maximum absolute atomic E-state index is 12.0. The highest BCUT2D eigenvalue weighted by atomic mass is 35.5. The highest BCUT2D eigenvalue weighted by Crippen LogP contribution is 2.15. The second-order valence-electron chi connectivity index (χ2n) is 4.20. The molecule has 2 aromatic carbocycles. The van der Waals surface area contributed by atoms with Gasteiger partial charge in [0, 0.05) is 5.02 Å². The average molecular weight is 318 g/mol. The second kappa shape index (κ2) is 7.24. The molecule has 2 rings (SSSR count). The number of rotatable bonds is 4. The van der Waals surface area contributed by atoms with Crippen molar-refractivity contribution in [3.05, 3.63) is 64.7 Å². The van der Waals surface area contributed by atoms with Crippen LogP contribution in [0.2, 0.25) is 5.02 Å². The molecule has 0 aliphatic rings. The number of ether oxygens (including phenoxy) is 1. The fourth-order valence-electron chi connectivity index (χ4n) is 1.58. The molecule has 0 bridgehead atoms. The van der Waals surface area contributed by atoms with Crippen LogP contribution in [-0.4, -0.2) is 18.2 Å². The number of hydrogen-bond acceptors (Lipinski definition) is 4. The van der Waals surface area contributed by atoms with E-state index >= 15 is 0 Å². The van der Waals surface area contributed by atoms with Crippen LogP contribution in [0.25, 0.3) is 0 Å². The normalized spacial score (nSPS) is 10.4. The van der Waals surface area contributed by atoms with E-state index in [9.17, 15) is 9.59 Å². The summed E-state index contributed by atoms with van der Waals surface area (Å²) in [5, 5.41) is 4.16. The lowest BCUT2D eigenvalue weighted by atomic mass is 10.2. The number of nitrogens with one attached hydrogen (secondary N) is 1. The Labute approximate surface area is 131 Å². The first-order chi connectivity index (χ1) is 10.5. The van der Waals surface area contributed by atoms with Crippen LogP contribution in [0.15, 0.2) is 53.6 Å². The van der Waals surface area contributed by atoms with E-state index in [0.717, 1.165) is 0 Å². The lowest BCUT2D eigenvalue weighted by Crippen LogP contribution is -2.24. The molecule has 2 aromatic rings. The number of halogens is 1. The van der Waals surface area contributed by atoms with Crippen molar-refractivity contribution in [2.75, 3.05) is 0 Å². The molecule has 0 saturated carbocycles. The van der Waals surface area contributed by atoms with Crippen LogP contribution < -0.4 is 15.9 Å². The average Bonchev–Trinajstić information content (AvgIpc) is 2.48. The van der Waals surface area contributed by atoms with Crippen LogP contribution in [0.3, 0.4) is 0 Å². The Morgan fingerprint density at radius 3 is 2.59 bits per heavy atom. The minimum absolute atomic E-state index is 0.350. The van der Waals surface area contributed by atoms with Gasteiger partial charge in [0.25, 0.3) is 0 Å². The Bertz CT molecular complexity index is 714. The Balaban J connectivity index is 2.06. The molecule has 6 nitrogen and oxygen atoms in total. The smallest absolute Gasteiger partial charge is 0.343 e. The van der Waals surface area contributed by atoms with Gasteiger partial charge in [-0.2, -0.15) is 5.10 Å². The third kappa shape index (κ3) is 4.60. The number of carbonyl (C=O) groups excluding carboxylic acids is 2. The van der Waals surface area contributed by atoms with Gasteiger partial charge in [-0.1, -0.05) is 23.7 Å². The number of benzene rings is 2. The molecule has 112 valence electrons. The van der Waals surface area contributed by atoms with E-state index in [4.69, 9.17) is 22.1 Å². The summed E-state index contributed by atoms with van der Waals surface area (Å²) in [6, 6.07) is 12.3. The zero-order valence-corrected chi connectivity index (χ0v) is 12.1. The van der Waals surface area contributed by atoms with Crippen LogP contribution >= 0.6 is 11.6 Å². The summed E-state index contributed by atoms with van der Waals surface area (Å²) in [5.74, 6) is -0.149. The minimum Gasteiger partial charge on any atom is -0.423 e. The van der Waals surface area contributed by atoms with Crippen LogP contribution in [0, 0.1) is 0 Å². The summed E-state index contributed by atoms with van der Waals surface area (Å²) in [6.45, 7) is 0. The molecule has 7 heteroatoms. The molecule has 0 heterocycles. The third-order valence-electron chi connectivity index (χ3n) is 2.54. The highest BCUT2D eigenvalue weighted by molar-refractivity contribution is 6.30. The molecular formula is C15H12ClN3O3. The number of hydrogen-bond donors (Lipinski definition) is 2. The van der Waals surface area contributed by atoms with E-state index in [1.54, 1.807) is 48.5 Å². The molecule has 0 saturated heterocycles. The Kier molecular flexibility index (Phi) is 5.11. The van der Waals surface area contributed by atoms with Crippen molar-refractivity contribution in [2.45, 2.75) is 0 Å². The Morgan fingerprint density at radius 2 is 1.91 bits per heavy atom. The van der Waals surface area contributed by atoms with E-state index in [-0.39, 0.29) is 0 Å². The minimum atomic E-state index is -0.762. The summed E-state index contributed by atoms with van der Waals surface area (Å²) >= 11 is 5.76. The number of primary amides is 1. The van der Waals surface area contributed by atoms with Crippen LogP contribution in [-0.2, 0) is 0 Å². The van der Waals surface area contributed by atoms with Gasteiger partial charge in [-0.25, -0.2) is 15.0 Å². The fraction of sp³-hybridized carbons (Fsp3) is 0. The molecule has 0 spiro atoms. The maximum atomic E-state index is 12.0. The SMILES string of the molecule is NC(=O)N/N=C/c1cccc(OC(=O)c2ccc(Cl)cc2)c1. The van der Waals surface area contributed by atoms with Gasteiger partial charge in [0.2, 0.25) is 0 Å². The molecule has 0 atom stereocenters. The first-order valence-corrected chi connectivity index (χ1v) is 6.59. The molecule has 22 heavy (non-hydrogen) atoms. The number of esters is 1. The summed E-state index contributed by atoms with van der Waals surface area (Å²) < 4.78 is 5.25. The van der Waals surface area contributed by atoms with Crippen molar-refractivity contribution in [2.24, 2.45) is 10.8 Å². The molecule has 0 fully saturated rings. The van der Waals surface area contributed by atoms with E-state index in [2.05, 4.69) is 10.5 Å². The number of nitrogens with two attached hydrogens (primary N) is 1. The summed E-state index contributed by atoms with van der Waals surface area (Å²) in [6.07, 6.45) is 1.38. The van der Waals surface area contributed by atoms with Crippen molar-refractivity contribution in [1.82, 2.24) is 5.43 Å². The largest absolute Gasteiger partial charge is 0.423 e. The molecule has 0 aliphatic carbocycles.